The number of benzene rings is 2. The fourth-order valence-corrected chi connectivity index (χ4v) is 2.83. The quantitative estimate of drug-likeness (QED) is 0.833. The van der Waals surface area contributed by atoms with Gasteiger partial charge < -0.3 is 15.4 Å². The summed E-state index contributed by atoms with van der Waals surface area (Å²) in [5.74, 6) is 1.15. The average molecular weight is 298 g/mol. The van der Waals surface area contributed by atoms with Crippen molar-refractivity contribution in [3.05, 3.63) is 42.5 Å². The van der Waals surface area contributed by atoms with E-state index in [9.17, 15) is 4.79 Å². The van der Waals surface area contributed by atoms with Crippen LogP contribution < -0.4 is 15.4 Å². The molecule has 0 radical (unpaired) electrons. The van der Waals surface area contributed by atoms with Crippen LogP contribution in [0.4, 0.5) is 0 Å². The van der Waals surface area contributed by atoms with Gasteiger partial charge in [0.2, 0.25) is 5.91 Å². The van der Waals surface area contributed by atoms with Gasteiger partial charge in [-0.2, -0.15) is 0 Å². The number of carbonyl (C=O) groups is 1. The number of ether oxygens (including phenoxy) is 1. The van der Waals surface area contributed by atoms with Crippen LogP contribution >= 0.6 is 0 Å². The number of hydrogen-bond acceptors (Lipinski definition) is 3. The van der Waals surface area contributed by atoms with Crippen molar-refractivity contribution in [3.8, 4) is 5.75 Å². The lowest BCUT2D eigenvalue weighted by atomic mass is 9.97. The van der Waals surface area contributed by atoms with Crippen LogP contribution in [0.3, 0.4) is 0 Å². The molecule has 2 aromatic carbocycles. The van der Waals surface area contributed by atoms with Crippen LogP contribution in [0.2, 0.25) is 0 Å². The maximum atomic E-state index is 12.0. The summed E-state index contributed by atoms with van der Waals surface area (Å²) >= 11 is 0. The highest BCUT2D eigenvalue weighted by Crippen LogP contribution is 2.20. The molecule has 3 rings (SSSR count). The second-order valence-electron chi connectivity index (χ2n) is 5.67. The second kappa shape index (κ2) is 7.27. The van der Waals surface area contributed by atoms with Gasteiger partial charge in [0.1, 0.15) is 12.4 Å². The molecule has 0 aliphatic carbocycles. The van der Waals surface area contributed by atoms with E-state index in [4.69, 9.17) is 4.74 Å². The van der Waals surface area contributed by atoms with Gasteiger partial charge in [0.05, 0.1) is 6.54 Å². The second-order valence-corrected chi connectivity index (χ2v) is 5.67. The summed E-state index contributed by atoms with van der Waals surface area (Å²) in [7, 11) is 0. The molecule has 0 bridgehead atoms. The molecule has 0 atom stereocenters. The fourth-order valence-electron chi connectivity index (χ4n) is 2.83. The van der Waals surface area contributed by atoms with Crippen molar-refractivity contribution in [1.29, 1.82) is 0 Å². The van der Waals surface area contributed by atoms with Gasteiger partial charge >= 0.3 is 0 Å². The maximum absolute atomic E-state index is 12.0. The number of fused-ring (bicyclic) bond motifs is 1. The van der Waals surface area contributed by atoms with Crippen LogP contribution in [-0.2, 0) is 4.79 Å². The van der Waals surface area contributed by atoms with Gasteiger partial charge in [0, 0.05) is 5.92 Å². The highest BCUT2D eigenvalue weighted by atomic mass is 16.5. The monoisotopic (exact) mass is 298 g/mol. The van der Waals surface area contributed by atoms with E-state index in [1.54, 1.807) is 0 Å². The zero-order valence-electron chi connectivity index (χ0n) is 12.7. The molecule has 2 N–H and O–H groups in total. The fraction of sp³-hybridized carbons (Fsp3) is 0.389. The van der Waals surface area contributed by atoms with Crippen LogP contribution in [0.1, 0.15) is 12.8 Å². The lowest BCUT2D eigenvalue weighted by Gasteiger charge is -2.21. The van der Waals surface area contributed by atoms with Gasteiger partial charge in [-0.3, -0.25) is 4.79 Å². The summed E-state index contributed by atoms with van der Waals surface area (Å²) in [6, 6.07) is 14.3. The van der Waals surface area contributed by atoms with E-state index in [0.717, 1.165) is 31.7 Å². The first kappa shape index (κ1) is 14.9. The summed E-state index contributed by atoms with van der Waals surface area (Å²) < 4.78 is 5.72. The number of nitrogens with one attached hydrogen (secondary N) is 2. The van der Waals surface area contributed by atoms with Crippen molar-refractivity contribution in [2.75, 3.05) is 26.2 Å². The molecular formula is C18H22N2O2. The molecule has 1 heterocycles. The zero-order valence-corrected chi connectivity index (χ0v) is 12.7. The Labute approximate surface area is 130 Å². The summed E-state index contributed by atoms with van der Waals surface area (Å²) in [4.78, 5) is 12.0. The van der Waals surface area contributed by atoms with Gasteiger partial charge in [0.25, 0.3) is 0 Å². The summed E-state index contributed by atoms with van der Waals surface area (Å²) in [6.07, 6.45) is 1.86. The van der Waals surface area contributed by atoms with E-state index in [2.05, 4.69) is 28.8 Å². The lowest BCUT2D eigenvalue weighted by molar-refractivity contribution is -0.125. The number of carbonyl (C=O) groups excluding carboxylic acids is 1. The number of amides is 1. The van der Waals surface area contributed by atoms with Gasteiger partial charge in [-0.1, -0.05) is 30.3 Å². The Balaban J connectivity index is 1.44. The minimum Gasteiger partial charge on any atom is -0.492 e. The molecule has 0 saturated carbocycles. The summed E-state index contributed by atoms with van der Waals surface area (Å²) in [5.41, 5.74) is 0. The van der Waals surface area contributed by atoms with Gasteiger partial charge in [-0.25, -0.2) is 0 Å². The van der Waals surface area contributed by atoms with Gasteiger partial charge in [-0.05, 0) is 48.8 Å². The molecule has 4 nitrogen and oxygen atoms in total. The topological polar surface area (TPSA) is 50.4 Å². The normalized spacial score (nSPS) is 15.6. The number of hydrogen-bond donors (Lipinski definition) is 2. The molecule has 0 unspecified atom stereocenters. The van der Waals surface area contributed by atoms with Crippen LogP contribution in [0.25, 0.3) is 10.8 Å². The van der Waals surface area contributed by atoms with E-state index in [-0.39, 0.29) is 11.8 Å². The standard InChI is InChI=1S/C18H22N2O2/c21-18(15-7-9-19-10-8-15)20-11-12-22-17-6-5-14-3-1-2-4-16(14)13-17/h1-6,13,15,19H,7-12H2,(H,20,21). The largest absolute Gasteiger partial charge is 0.492 e. The van der Waals surface area contributed by atoms with Crippen molar-refractivity contribution in [2.45, 2.75) is 12.8 Å². The van der Waals surface area contributed by atoms with Crippen LogP contribution in [0.15, 0.2) is 42.5 Å². The first-order valence-corrected chi connectivity index (χ1v) is 7.93. The van der Waals surface area contributed by atoms with Crippen molar-refractivity contribution in [2.24, 2.45) is 5.92 Å². The summed E-state index contributed by atoms with van der Waals surface area (Å²) in [6.45, 7) is 2.92. The highest BCUT2D eigenvalue weighted by Gasteiger charge is 2.20. The molecule has 0 spiro atoms. The molecule has 1 aliphatic rings. The first-order chi connectivity index (χ1) is 10.8. The third kappa shape index (κ3) is 3.77. The van der Waals surface area contributed by atoms with E-state index in [1.165, 1.54) is 10.8 Å². The van der Waals surface area contributed by atoms with Crippen molar-refractivity contribution in [3.63, 3.8) is 0 Å². The Hall–Kier alpha value is -2.07. The number of rotatable bonds is 5. The van der Waals surface area contributed by atoms with E-state index in [1.807, 2.05) is 24.3 Å². The van der Waals surface area contributed by atoms with Gasteiger partial charge in [0.15, 0.2) is 0 Å². The van der Waals surface area contributed by atoms with Crippen LogP contribution in [0, 0.1) is 5.92 Å². The Morgan fingerprint density at radius 1 is 1.14 bits per heavy atom. The van der Waals surface area contributed by atoms with Gasteiger partial charge in [-0.15, -0.1) is 0 Å². The minimum atomic E-state index is 0.155. The average Bonchev–Trinajstić information content (AvgIpc) is 2.59. The third-order valence-electron chi connectivity index (χ3n) is 4.10. The molecule has 1 fully saturated rings. The maximum Gasteiger partial charge on any atom is 0.223 e. The van der Waals surface area contributed by atoms with E-state index < -0.39 is 0 Å². The zero-order chi connectivity index (χ0) is 15.2. The Morgan fingerprint density at radius 2 is 1.91 bits per heavy atom. The molecule has 116 valence electrons. The SMILES string of the molecule is O=C(NCCOc1ccc2ccccc2c1)C1CCNCC1. The van der Waals surface area contributed by atoms with Crippen molar-refractivity contribution >= 4 is 16.7 Å². The van der Waals surface area contributed by atoms with E-state index >= 15 is 0 Å². The predicted octanol–water partition coefficient (Wildman–Crippen LogP) is 2.33. The Kier molecular flexibility index (Phi) is 4.91. The predicted molar refractivity (Wildman–Crippen MR) is 88.0 cm³/mol. The highest BCUT2D eigenvalue weighted by molar-refractivity contribution is 5.83. The van der Waals surface area contributed by atoms with Crippen LogP contribution in [-0.4, -0.2) is 32.1 Å². The Bertz CT molecular complexity index is 636. The molecule has 0 aromatic heterocycles. The molecular weight excluding hydrogens is 276 g/mol. The molecule has 1 aliphatic heterocycles. The summed E-state index contributed by atoms with van der Waals surface area (Å²) in [5, 5.41) is 8.60. The third-order valence-corrected chi connectivity index (χ3v) is 4.10. The van der Waals surface area contributed by atoms with Crippen LogP contribution in [0.5, 0.6) is 5.75 Å². The molecule has 4 heteroatoms. The lowest BCUT2D eigenvalue weighted by Crippen LogP contribution is -2.39. The first-order valence-electron chi connectivity index (χ1n) is 7.93. The molecule has 1 saturated heterocycles. The van der Waals surface area contributed by atoms with Crippen molar-refractivity contribution < 1.29 is 9.53 Å². The Morgan fingerprint density at radius 3 is 2.73 bits per heavy atom. The smallest absolute Gasteiger partial charge is 0.223 e. The number of piperidine rings is 1. The van der Waals surface area contributed by atoms with E-state index in [0.29, 0.717) is 13.2 Å². The molecule has 2 aromatic rings. The van der Waals surface area contributed by atoms with Crippen molar-refractivity contribution in [1.82, 2.24) is 10.6 Å². The molecule has 22 heavy (non-hydrogen) atoms. The molecule has 1 amide bonds. The minimum absolute atomic E-state index is 0.155.